The minimum Gasteiger partial charge on any atom is -0.480 e. The molecule has 2 aliphatic rings. The van der Waals surface area contributed by atoms with E-state index in [9.17, 15) is 4.79 Å². The van der Waals surface area contributed by atoms with E-state index in [1.807, 2.05) is 0 Å². The maximum absolute atomic E-state index is 11.2. The molecule has 0 aromatic heterocycles. The second-order valence-corrected chi connectivity index (χ2v) is 6.06. The molecule has 2 rings (SSSR count). The van der Waals surface area contributed by atoms with E-state index in [1.165, 1.54) is 12.8 Å². The van der Waals surface area contributed by atoms with Crippen LogP contribution in [-0.4, -0.2) is 60.4 Å². The smallest absolute Gasteiger partial charge is 0.323 e. The zero-order valence-electron chi connectivity index (χ0n) is 12.0. The highest BCUT2D eigenvalue weighted by atomic mass is 16.5. The number of ether oxygens (including phenoxy) is 1. The van der Waals surface area contributed by atoms with Crippen molar-refractivity contribution >= 4 is 5.97 Å². The van der Waals surface area contributed by atoms with E-state index in [0.717, 1.165) is 32.5 Å². The Bertz CT molecular complexity index is 312. The van der Waals surface area contributed by atoms with Crippen molar-refractivity contribution in [1.82, 2.24) is 10.2 Å². The second kappa shape index (κ2) is 6.20. The molecule has 5 heteroatoms. The Hall–Kier alpha value is -0.650. The van der Waals surface area contributed by atoms with Crippen molar-refractivity contribution in [3.8, 4) is 0 Å². The van der Waals surface area contributed by atoms with Crippen LogP contribution in [0, 0.1) is 0 Å². The average Bonchev–Trinajstić information content (AvgIpc) is 2.73. The van der Waals surface area contributed by atoms with Gasteiger partial charge in [-0.05, 0) is 52.6 Å². The lowest BCUT2D eigenvalue weighted by Gasteiger charge is -2.32. The monoisotopic (exact) mass is 270 g/mol. The van der Waals surface area contributed by atoms with Gasteiger partial charge >= 0.3 is 5.97 Å². The van der Waals surface area contributed by atoms with Gasteiger partial charge in [0.15, 0.2) is 0 Å². The number of nitrogens with zero attached hydrogens (tertiary/aromatic N) is 1. The highest BCUT2D eigenvalue weighted by Crippen LogP contribution is 2.26. The number of likely N-dealkylation sites (tertiary alicyclic amines) is 1. The molecule has 110 valence electrons. The van der Waals surface area contributed by atoms with Crippen LogP contribution in [-0.2, 0) is 9.53 Å². The van der Waals surface area contributed by atoms with Crippen LogP contribution < -0.4 is 5.32 Å². The van der Waals surface area contributed by atoms with Crippen molar-refractivity contribution in [3.63, 3.8) is 0 Å². The largest absolute Gasteiger partial charge is 0.480 e. The quantitative estimate of drug-likeness (QED) is 0.678. The van der Waals surface area contributed by atoms with Crippen LogP contribution in [0.1, 0.15) is 39.0 Å². The van der Waals surface area contributed by atoms with Crippen molar-refractivity contribution in [1.29, 1.82) is 0 Å². The Kier molecular flexibility index (Phi) is 4.81. The summed E-state index contributed by atoms with van der Waals surface area (Å²) in [6.45, 7) is 4.93. The summed E-state index contributed by atoms with van der Waals surface area (Å²) in [5.74, 6) is -0.764. The number of morpholine rings is 1. The van der Waals surface area contributed by atoms with Crippen LogP contribution >= 0.6 is 0 Å². The van der Waals surface area contributed by atoms with E-state index in [-0.39, 0.29) is 0 Å². The molecule has 0 amide bonds. The van der Waals surface area contributed by atoms with E-state index in [0.29, 0.717) is 18.6 Å². The third-order valence-electron chi connectivity index (χ3n) is 4.54. The number of carboxylic acids is 1. The van der Waals surface area contributed by atoms with Gasteiger partial charge in [-0.3, -0.25) is 9.69 Å². The zero-order valence-corrected chi connectivity index (χ0v) is 12.0. The molecular formula is C14H26N2O3. The summed E-state index contributed by atoms with van der Waals surface area (Å²) in [5, 5.41) is 12.1. The summed E-state index contributed by atoms with van der Waals surface area (Å²) in [5.41, 5.74) is -0.788. The van der Waals surface area contributed by atoms with E-state index in [4.69, 9.17) is 9.84 Å². The van der Waals surface area contributed by atoms with Crippen LogP contribution in [0.2, 0.25) is 0 Å². The number of unbranched alkanes of at least 4 members (excludes halogenated alkanes) is 1. The maximum atomic E-state index is 11.2. The topological polar surface area (TPSA) is 61.8 Å². The predicted molar refractivity (Wildman–Crippen MR) is 73.3 cm³/mol. The van der Waals surface area contributed by atoms with Crippen LogP contribution in [0.3, 0.4) is 0 Å². The number of likely N-dealkylation sites (N-methyl/N-ethyl adjacent to an activating group) is 1. The lowest BCUT2D eigenvalue weighted by molar-refractivity contribution is -0.144. The van der Waals surface area contributed by atoms with Gasteiger partial charge in [0.05, 0.1) is 12.2 Å². The molecule has 0 aromatic rings. The molecule has 2 aliphatic heterocycles. The number of hydrogen-bond acceptors (Lipinski definition) is 4. The molecule has 2 fully saturated rings. The minimum atomic E-state index is -0.788. The Morgan fingerprint density at radius 1 is 1.37 bits per heavy atom. The van der Waals surface area contributed by atoms with E-state index < -0.39 is 11.5 Å². The lowest BCUT2D eigenvalue weighted by atomic mass is 9.95. The van der Waals surface area contributed by atoms with Crippen LogP contribution in [0.4, 0.5) is 0 Å². The molecule has 2 saturated heterocycles. The molecule has 0 aliphatic carbocycles. The summed E-state index contributed by atoms with van der Waals surface area (Å²) in [6, 6.07) is 0. The first-order chi connectivity index (χ1) is 9.03. The van der Waals surface area contributed by atoms with Gasteiger partial charge in [-0.25, -0.2) is 0 Å². The van der Waals surface area contributed by atoms with Gasteiger partial charge in [0.2, 0.25) is 0 Å². The van der Waals surface area contributed by atoms with E-state index in [1.54, 1.807) is 14.0 Å². The summed E-state index contributed by atoms with van der Waals surface area (Å²) in [6.07, 6.45) is 5.98. The number of fused-ring (bicyclic) bond motifs is 2. The number of carbonyl (C=O) groups is 1. The number of aliphatic carboxylic acids is 1. The molecule has 3 unspecified atom stereocenters. The fourth-order valence-corrected chi connectivity index (χ4v) is 3.03. The standard InChI is InChI=1S/C14H26N2O3/c1-14(15-2,13(17)18)7-3-4-8-16-9-11-5-6-12(10-16)19-11/h11-12,15H,3-10H2,1-2H3,(H,17,18). The molecule has 19 heavy (non-hydrogen) atoms. The highest BCUT2D eigenvalue weighted by molar-refractivity contribution is 5.78. The van der Waals surface area contributed by atoms with E-state index in [2.05, 4.69) is 10.2 Å². The first-order valence-electron chi connectivity index (χ1n) is 7.33. The van der Waals surface area contributed by atoms with Crippen LogP contribution in [0.25, 0.3) is 0 Å². The fourth-order valence-electron chi connectivity index (χ4n) is 3.03. The predicted octanol–water partition coefficient (Wildman–Crippen LogP) is 1.08. The molecule has 2 heterocycles. The van der Waals surface area contributed by atoms with Crippen molar-refractivity contribution in [2.45, 2.75) is 56.8 Å². The number of nitrogens with one attached hydrogen (secondary N) is 1. The number of hydrogen-bond donors (Lipinski definition) is 2. The minimum absolute atomic E-state index is 0.445. The number of carboxylic acid groups (broad SMARTS) is 1. The molecule has 5 nitrogen and oxygen atoms in total. The van der Waals surface area contributed by atoms with Crippen LogP contribution in [0.5, 0.6) is 0 Å². The summed E-state index contributed by atoms with van der Waals surface area (Å²) < 4.78 is 5.81. The van der Waals surface area contributed by atoms with Crippen molar-refractivity contribution in [3.05, 3.63) is 0 Å². The lowest BCUT2D eigenvalue weighted by Crippen LogP contribution is -2.47. The zero-order chi connectivity index (χ0) is 13.9. The normalized spacial score (nSPS) is 30.2. The fraction of sp³-hybridized carbons (Fsp3) is 0.929. The molecule has 2 N–H and O–H groups in total. The molecule has 2 bridgehead atoms. The third-order valence-corrected chi connectivity index (χ3v) is 4.54. The highest BCUT2D eigenvalue weighted by Gasteiger charge is 2.33. The van der Waals surface area contributed by atoms with Gasteiger partial charge in [0.25, 0.3) is 0 Å². The summed E-state index contributed by atoms with van der Waals surface area (Å²) in [7, 11) is 1.72. The number of rotatable bonds is 7. The van der Waals surface area contributed by atoms with Crippen molar-refractivity contribution in [2.24, 2.45) is 0 Å². The molecule has 3 atom stereocenters. The van der Waals surface area contributed by atoms with Crippen molar-refractivity contribution < 1.29 is 14.6 Å². The Morgan fingerprint density at radius 2 is 2.00 bits per heavy atom. The first kappa shape index (κ1) is 14.8. The van der Waals surface area contributed by atoms with Gasteiger partial charge in [-0.2, -0.15) is 0 Å². The van der Waals surface area contributed by atoms with Gasteiger partial charge in [0.1, 0.15) is 5.54 Å². The van der Waals surface area contributed by atoms with Gasteiger partial charge in [-0.1, -0.05) is 0 Å². The molecule has 0 saturated carbocycles. The van der Waals surface area contributed by atoms with Gasteiger partial charge in [-0.15, -0.1) is 0 Å². The molecule has 0 radical (unpaired) electrons. The van der Waals surface area contributed by atoms with Gasteiger partial charge < -0.3 is 15.2 Å². The van der Waals surface area contributed by atoms with Crippen molar-refractivity contribution in [2.75, 3.05) is 26.7 Å². The summed E-state index contributed by atoms with van der Waals surface area (Å²) >= 11 is 0. The average molecular weight is 270 g/mol. The van der Waals surface area contributed by atoms with Gasteiger partial charge in [0, 0.05) is 13.1 Å². The van der Waals surface area contributed by atoms with Crippen LogP contribution in [0.15, 0.2) is 0 Å². The molecular weight excluding hydrogens is 244 g/mol. The SMILES string of the molecule is CNC(C)(CCCCN1CC2CCC(C1)O2)C(=O)O. The van der Waals surface area contributed by atoms with E-state index >= 15 is 0 Å². The summed E-state index contributed by atoms with van der Waals surface area (Å²) in [4.78, 5) is 13.6. The maximum Gasteiger partial charge on any atom is 0.323 e. The first-order valence-corrected chi connectivity index (χ1v) is 7.33. The third kappa shape index (κ3) is 3.68. The molecule has 0 spiro atoms. The Balaban J connectivity index is 1.65. The second-order valence-electron chi connectivity index (χ2n) is 6.06. The molecule has 0 aromatic carbocycles. The Morgan fingerprint density at radius 3 is 2.53 bits per heavy atom. The Labute approximate surface area is 115 Å².